The Labute approximate surface area is 209 Å². The number of Topliss-reactive ketones (excluding diaryl/α,β-unsaturated/α-hetero) is 1. The molecule has 36 heavy (non-hydrogen) atoms. The van der Waals surface area contributed by atoms with E-state index in [0.29, 0.717) is 41.7 Å². The molecule has 3 aromatic rings. The van der Waals surface area contributed by atoms with E-state index in [0.717, 1.165) is 24.3 Å². The van der Waals surface area contributed by atoms with E-state index in [-0.39, 0.29) is 18.0 Å². The molecule has 0 spiro atoms. The van der Waals surface area contributed by atoms with E-state index in [9.17, 15) is 9.59 Å². The lowest BCUT2D eigenvalue weighted by atomic mass is 10.1. The maximum Gasteiger partial charge on any atom is 0.251 e. The molecule has 2 aromatic carbocycles. The Kier molecular flexibility index (Phi) is 8.02. The van der Waals surface area contributed by atoms with E-state index in [1.165, 1.54) is 14.2 Å². The Balaban J connectivity index is 1.47. The molecule has 188 valence electrons. The number of carbonyl (C=O) groups excluding carboxylic acids is 2. The average molecular weight is 492 g/mol. The number of methoxy groups -OCH3 is 3. The topological polar surface area (TPSA) is 99.2 Å². The van der Waals surface area contributed by atoms with Gasteiger partial charge in [-0.1, -0.05) is 12.1 Å². The largest absolute Gasteiger partial charge is 0.494 e. The minimum Gasteiger partial charge on any atom is -0.494 e. The number of ketones is 1. The van der Waals surface area contributed by atoms with Gasteiger partial charge >= 0.3 is 0 Å². The standard InChI is InChI=1S/C27H29N3O6/c1-33-23-10-6-19(16-25(23)35-3)27(32)28-17-22(31)21-9-11-24(34-2)26(29-21)18-4-7-20(8-5-18)30-12-14-36-15-13-30/h4-11,16H,12-15,17H2,1-3H3,(H,28,32). The lowest BCUT2D eigenvalue weighted by Gasteiger charge is -2.28. The molecule has 2 heterocycles. The van der Waals surface area contributed by atoms with Gasteiger partial charge in [0.05, 0.1) is 41.1 Å². The molecule has 1 aliphatic rings. The van der Waals surface area contributed by atoms with Crippen LogP contribution in [0.3, 0.4) is 0 Å². The van der Waals surface area contributed by atoms with Gasteiger partial charge in [0.1, 0.15) is 17.1 Å². The number of ether oxygens (including phenoxy) is 4. The third-order valence-electron chi connectivity index (χ3n) is 5.94. The van der Waals surface area contributed by atoms with Gasteiger partial charge in [-0.15, -0.1) is 0 Å². The number of anilines is 1. The average Bonchev–Trinajstić information content (AvgIpc) is 2.95. The number of nitrogens with zero attached hydrogens (tertiary/aromatic N) is 2. The van der Waals surface area contributed by atoms with Crippen molar-refractivity contribution in [1.82, 2.24) is 10.3 Å². The highest BCUT2D eigenvalue weighted by molar-refractivity contribution is 6.01. The predicted octanol–water partition coefficient (Wildman–Crippen LogP) is 3.22. The normalized spacial score (nSPS) is 13.1. The zero-order valence-electron chi connectivity index (χ0n) is 20.6. The summed E-state index contributed by atoms with van der Waals surface area (Å²) in [4.78, 5) is 32.3. The minimum absolute atomic E-state index is 0.206. The number of aromatic nitrogens is 1. The zero-order valence-corrected chi connectivity index (χ0v) is 20.6. The summed E-state index contributed by atoms with van der Waals surface area (Å²) in [5.41, 5.74) is 3.07. The number of morpholine rings is 1. The van der Waals surface area contributed by atoms with E-state index < -0.39 is 5.91 Å². The highest BCUT2D eigenvalue weighted by atomic mass is 16.5. The van der Waals surface area contributed by atoms with Gasteiger partial charge in [-0.05, 0) is 42.5 Å². The number of rotatable bonds is 9. The first-order valence-corrected chi connectivity index (χ1v) is 11.6. The molecule has 9 heteroatoms. The van der Waals surface area contributed by atoms with Gasteiger partial charge < -0.3 is 29.2 Å². The first kappa shape index (κ1) is 25.0. The fourth-order valence-electron chi connectivity index (χ4n) is 3.96. The van der Waals surface area contributed by atoms with Crippen LogP contribution in [0.4, 0.5) is 5.69 Å². The van der Waals surface area contributed by atoms with E-state index in [1.54, 1.807) is 37.4 Å². The van der Waals surface area contributed by atoms with Crippen molar-refractivity contribution in [1.29, 1.82) is 0 Å². The molecule has 9 nitrogen and oxygen atoms in total. The Morgan fingerprint density at radius 2 is 1.56 bits per heavy atom. The molecule has 1 aliphatic heterocycles. The number of nitrogens with one attached hydrogen (secondary N) is 1. The first-order valence-electron chi connectivity index (χ1n) is 11.6. The number of hydrogen-bond acceptors (Lipinski definition) is 8. The monoisotopic (exact) mass is 491 g/mol. The van der Waals surface area contributed by atoms with Crippen LogP contribution in [0.25, 0.3) is 11.3 Å². The van der Waals surface area contributed by atoms with Crippen LogP contribution in [-0.4, -0.2) is 70.9 Å². The molecule has 1 N–H and O–H groups in total. The molecule has 0 aliphatic carbocycles. The van der Waals surface area contributed by atoms with Crippen molar-refractivity contribution < 1.29 is 28.5 Å². The van der Waals surface area contributed by atoms with Gasteiger partial charge in [0.25, 0.3) is 5.91 Å². The third-order valence-corrected chi connectivity index (χ3v) is 5.94. The summed E-state index contributed by atoms with van der Waals surface area (Å²) >= 11 is 0. The van der Waals surface area contributed by atoms with Crippen LogP contribution in [0.5, 0.6) is 17.2 Å². The first-order chi connectivity index (χ1) is 17.5. The lowest BCUT2D eigenvalue weighted by molar-refractivity contribution is 0.0902. The summed E-state index contributed by atoms with van der Waals surface area (Å²) in [6.45, 7) is 2.91. The molecule has 0 unspecified atom stereocenters. The van der Waals surface area contributed by atoms with Crippen molar-refractivity contribution in [3.05, 3.63) is 65.9 Å². The number of amides is 1. The van der Waals surface area contributed by atoms with Gasteiger partial charge in [-0.3, -0.25) is 9.59 Å². The molecule has 4 rings (SSSR count). The van der Waals surface area contributed by atoms with Crippen molar-refractivity contribution in [3.8, 4) is 28.5 Å². The maximum atomic E-state index is 12.9. The molecule has 0 radical (unpaired) electrons. The summed E-state index contributed by atoms with van der Waals surface area (Å²) < 4.78 is 21.3. The number of pyridine rings is 1. The maximum absolute atomic E-state index is 12.9. The van der Waals surface area contributed by atoms with Crippen LogP contribution < -0.4 is 24.4 Å². The van der Waals surface area contributed by atoms with Crippen LogP contribution in [0, 0.1) is 0 Å². The molecule has 1 fully saturated rings. The lowest BCUT2D eigenvalue weighted by Crippen LogP contribution is -2.36. The number of benzene rings is 2. The van der Waals surface area contributed by atoms with E-state index in [4.69, 9.17) is 18.9 Å². The van der Waals surface area contributed by atoms with Crippen molar-refractivity contribution in [2.45, 2.75) is 0 Å². The van der Waals surface area contributed by atoms with E-state index >= 15 is 0 Å². The second-order valence-electron chi connectivity index (χ2n) is 8.07. The van der Waals surface area contributed by atoms with Crippen molar-refractivity contribution >= 4 is 17.4 Å². The molecule has 0 bridgehead atoms. The van der Waals surface area contributed by atoms with Gasteiger partial charge in [0, 0.05) is 29.9 Å². The number of hydrogen-bond donors (Lipinski definition) is 1. The fourth-order valence-corrected chi connectivity index (χ4v) is 3.96. The van der Waals surface area contributed by atoms with Crippen LogP contribution in [-0.2, 0) is 4.74 Å². The van der Waals surface area contributed by atoms with Crippen molar-refractivity contribution in [3.63, 3.8) is 0 Å². The van der Waals surface area contributed by atoms with Crippen LogP contribution in [0.2, 0.25) is 0 Å². The highest BCUT2D eigenvalue weighted by Crippen LogP contribution is 2.30. The zero-order chi connectivity index (χ0) is 25.5. The summed E-state index contributed by atoms with van der Waals surface area (Å²) in [6, 6.07) is 16.1. The Hall–Kier alpha value is -4.11. The van der Waals surface area contributed by atoms with Gasteiger partial charge in [0.15, 0.2) is 17.3 Å². The van der Waals surface area contributed by atoms with Gasteiger partial charge in [-0.2, -0.15) is 0 Å². The fraction of sp³-hybridized carbons (Fsp3) is 0.296. The molecule has 0 saturated carbocycles. The second kappa shape index (κ2) is 11.5. The Morgan fingerprint density at radius 1 is 0.889 bits per heavy atom. The summed E-state index contributed by atoms with van der Waals surface area (Å²) in [5, 5.41) is 2.65. The quantitative estimate of drug-likeness (QED) is 0.456. The van der Waals surface area contributed by atoms with Crippen molar-refractivity contribution in [2.24, 2.45) is 0 Å². The van der Waals surface area contributed by atoms with E-state index in [1.807, 2.05) is 24.3 Å². The molecule has 0 atom stereocenters. The summed E-state index contributed by atoms with van der Waals surface area (Å²) in [5.74, 6) is 0.769. The van der Waals surface area contributed by atoms with E-state index in [2.05, 4.69) is 15.2 Å². The molecular weight excluding hydrogens is 462 g/mol. The SMILES string of the molecule is COc1ccc(C(=O)NCC(=O)c2ccc(OC)c(-c3ccc(N4CCOCC4)cc3)n2)cc1OC. The second-order valence-corrected chi connectivity index (χ2v) is 8.07. The molecular formula is C27H29N3O6. The van der Waals surface area contributed by atoms with Gasteiger partial charge in [-0.25, -0.2) is 4.98 Å². The Morgan fingerprint density at radius 3 is 2.22 bits per heavy atom. The summed E-state index contributed by atoms with van der Waals surface area (Å²) in [7, 11) is 4.57. The smallest absolute Gasteiger partial charge is 0.251 e. The third kappa shape index (κ3) is 5.58. The van der Waals surface area contributed by atoms with Crippen LogP contribution in [0.15, 0.2) is 54.6 Å². The molecule has 1 aromatic heterocycles. The van der Waals surface area contributed by atoms with Crippen LogP contribution >= 0.6 is 0 Å². The molecule has 1 amide bonds. The van der Waals surface area contributed by atoms with Crippen LogP contribution in [0.1, 0.15) is 20.8 Å². The Bertz CT molecular complexity index is 1220. The predicted molar refractivity (Wildman–Crippen MR) is 135 cm³/mol. The minimum atomic E-state index is -0.406. The highest BCUT2D eigenvalue weighted by Gasteiger charge is 2.17. The molecule has 1 saturated heterocycles. The van der Waals surface area contributed by atoms with Gasteiger partial charge in [0.2, 0.25) is 0 Å². The number of carbonyl (C=O) groups is 2. The summed E-state index contributed by atoms with van der Waals surface area (Å²) in [6.07, 6.45) is 0. The van der Waals surface area contributed by atoms with Crippen molar-refractivity contribution in [2.75, 3.05) is 59.1 Å².